The highest BCUT2D eigenvalue weighted by Gasteiger charge is 2.08. The van der Waals surface area contributed by atoms with Crippen LogP contribution < -0.4 is 0 Å². The molecular weight excluding hydrogens is 276 g/mol. The van der Waals surface area contributed by atoms with Crippen LogP contribution in [0.1, 0.15) is 124 Å². The minimum atomic E-state index is 0.802. The zero-order valence-electron chi connectivity index (χ0n) is 16.9. The van der Waals surface area contributed by atoms with Gasteiger partial charge in [-0.25, -0.2) is 0 Å². The van der Waals surface area contributed by atoms with Crippen molar-refractivity contribution in [1.29, 1.82) is 0 Å². The fourth-order valence-corrected chi connectivity index (χ4v) is 3.30. The molecule has 0 heteroatoms. The van der Waals surface area contributed by atoms with Gasteiger partial charge in [-0.05, 0) is 31.1 Å². The second-order valence-electron chi connectivity index (χ2n) is 7.80. The van der Waals surface area contributed by atoms with Gasteiger partial charge < -0.3 is 0 Å². The van der Waals surface area contributed by atoms with Crippen molar-refractivity contribution in [3.05, 3.63) is 12.2 Å². The predicted octanol–water partition coefficient (Wildman–Crippen LogP) is 8.71. The van der Waals surface area contributed by atoms with Gasteiger partial charge >= 0.3 is 0 Å². The number of hydrogen-bond donors (Lipinski definition) is 0. The highest BCUT2D eigenvalue weighted by molar-refractivity contribution is 4.89. The third-order valence-electron chi connectivity index (χ3n) is 5.10. The van der Waals surface area contributed by atoms with E-state index in [4.69, 9.17) is 0 Å². The molecular formula is C23H46. The van der Waals surface area contributed by atoms with E-state index in [-0.39, 0.29) is 0 Å². The molecule has 0 heterocycles. The Bertz CT molecular complexity index is 238. The van der Waals surface area contributed by atoms with Gasteiger partial charge in [-0.1, -0.05) is 117 Å². The fraction of sp³-hybridized carbons (Fsp3) is 0.913. The first-order valence-electron chi connectivity index (χ1n) is 10.9. The number of hydrogen-bond acceptors (Lipinski definition) is 0. The molecule has 0 rings (SSSR count). The van der Waals surface area contributed by atoms with Crippen LogP contribution in [-0.4, -0.2) is 0 Å². The highest BCUT2D eigenvalue weighted by Crippen LogP contribution is 2.21. The third kappa shape index (κ3) is 16.4. The van der Waals surface area contributed by atoms with Crippen molar-refractivity contribution in [3.8, 4) is 0 Å². The van der Waals surface area contributed by atoms with Crippen LogP contribution in [0.15, 0.2) is 12.2 Å². The lowest BCUT2D eigenvalue weighted by Crippen LogP contribution is -2.05. The van der Waals surface area contributed by atoms with Gasteiger partial charge in [-0.15, -0.1) is 0 Å². The molecule has 0 fully saturated rings. The molecule has 0 aromatic rings. The summed E-state index contributed by atoms with van der Waals surface area (Å²) in [6, 6.07) is 0. The van der Waals surface area contributed by atoms with Crippen molar-refractivity contribution in [3.63, 3.8) is 0 Å². The molecule has 0 radical (unpaired) electrons. The molecule has 0 amide bonds. The van der Waals surface area contributed by atoms with Crippen LogP contribution >= 0.6 is 0 Å². The monoisotopic (exact) mass is 322 g/mol. The second kappa shape index (κ2) is 18.1. The average Bonchev–Trinajstić information content (AvgIpc) is 2.54. The molecule has 0 bridgehead atoms. The van der Waals surface area contributed by atoms with Gasteiger partial charge in [-0.3, -0.25) is 0 Å². The zero-order valence-corrected chi connectivity index (χ0v) is 16.9. The summed E-state index contributed by atoms with van der Waals surface area (Å²) in [5, 5.41) is 0. The Kier molecular flexibility index (Phi) is 17.9. The van der Waals surface area contributed by atoms with E-state index in [1.54, 1.807) is 0 Å². The maximum Gasteiger partial charge on any atom is -0.0210 e. The quantitative estimate of drug-likeness (QED) is 0.185. The first-order chi connectivity index (χ1) is 11.2. The van der Waals surface area contributed by atoms with E-state index < -0.39 is 0 Å². The Balaban J connectivity index is 3.58. The lowest BCUT2D eigenvalue weighted by atomic mass is 9.89. The van der Waals surface area contributed by atoms with Gasteiger partial charge in [0.2, 0.25) is 0 Å². The molecule has 1 unspecified atom stereocenters. The van der Waals surface area contributed by atoms with Gasteiger partial charge in [0.15, 0.2) is 0 Å². The minimum Gasteiger partial charge on any atom is -0.0883 e. The molecule has 0 aromatic heterocycles. The summed E-state index contributed by atoms with van der Waals surface area (Å²) in [6.07, 6.45) is 26.2. The van der Waals surface area contributed by atoms with Crippen LogP contribution in [0.2, 0.25) is 0 Å². The van der Waals surface area contributed by atoms with Gasteiger partial charge in [0.25, 0.3) is 0 Å². The zero-order chi connectivity index (χ0) is 17.2. The Morgan fingerprint density at radius 2 is 1.09 bits per heavy atom. The molecule has 0 aromatic carbocycles. The highest BCUT2D eigenvalue weighted by atomic mass is 14.1. The van der Waals surface area contributed by atoms with Crippen LogP contribution in [0.3, 0.4) is 0 Å². The normalized spacial score (nSPS) is 13.3. The fourth-order valence-electron chi connectivity index (χ4n) is 3.30. The average molecular weight is 323 g/mol. The summed E-state index contributed by atoms with van der Waals surface area (Å²) in [5.41, 5.74) is 0. The maximum atomic E-state index is 2.53. The Morgan fingerprint density at radius 3 is 1.61 bits per heavy atom. The van der Waals surface area contributed by atoms with E-state index in [9.17, 15) is 0 Å². The SMILES string of the molecule is CCCCCCCCCCC=CC(CCCCCCC)C(C)C. The van der Waals surface area contributed by atoms with E-state index in [0.29, 0.717) is 0 Å². The lowest BCUT2D eigenvalue weighted by molar-refractivity contribution is 0.413. The maximum absolute atomic E-state index is 2.53. The summed E-state index contributed by atoms with van der Waals surface area (Å²) in [4.78, 5) is 0. The van der Waals surface area contributed by atoms with Crippen molar-refractivity contribution in [2.75, 3.05) is 0 Å². The van der Waals surface area contributed by atoms with Gasteiger partial charge in [0.1, 0.15) is 0 Å². The number of rotatable bonds is 17. The van der Waals surface area contributed by atoms with Crippen molar-refractivity contribution >= 4 is 0 Å². The van der Waals surface area contributed by atoms with E-state index in [1.807, 2.05) is 0 Å². The molecule has 0 aliphatic carbocycles. The summed E-state index contributed by atoms with van der Waals surface area (Å²) in [6.45, 7) is 9.36. The summed E-state index contributed by atoms with van der Waals surface area (Å²) in [5.74, 6) is 1.61. The summed E-state index contributed by atoms with van der Waals surface area (Å²) < 4.78 is 0. The van der Waals surface area contributed by atoms with Crippen LogP contribution in [0.5, 0.6) is 0 Å². The Morgan fingerprint density at radius 1 is 0.609 bits per heavy atom. The molecule has 0 aliphatic rings. The first kappa shape index (κ1) is 22.7. The van der Waals surface area contributed by atoms with Crippen LogP contribution in [0.25, 0.3) is 0 Å². The molecule has 138 valence electrons. The molecule has 0 nitrogen and oxygen atoms in total. The van der Waals surface area contributed by atoms with Crippen molar-refractivity contribution < 1.29 is 0 Å². The van der Waals surface area contributed by atoms with E-state index >= 15 is 0 Å². The van der Waals surface area contributed by atoms with Crippen molar-refractivity contribution in [1.82, 2.24) is 0 Å². The van der Waals surface area contributed by atoms with E-state index in [0.717, 1.165) is 11.8 Å². The van der Waals surface area contributed by atoms with Crippen molar-refractivity contribution in [2.45, 2.75) is 124 Å². The van der Waals surface area contributed by atoms with Crippen LogP contribution in [0.4, 0.5) is 0 Å². The predicted molar refractivity (Wildman–Crippen MR) is 108 cm³/mol. The smallest absolute Gasteiger partial charge is 0.0210 e. The van der Waals surface area contributed by atoms with Crippen molar-refractivity contribution in [2.24, 2.45) is 11.8 Å². The summed E-state index contributed by atoms with van der Waals surface area (Å²) in [7, 11) is 0. The molecule has 0 aliphatic heterocycles. The topological polar surface area (TPSA) is 0 Å². The Labute approximate surface area is 148 Å². The largest absolute Gasteiger partial charge is 0.0883 e. The lowest BCUT2D eigenvalue weighted by Gasteiger charge is -2.16. The molecule has 1 atom stereocenters. The standard InChI is InChI=1S/C23H46/c1-5-7-9-11-12-13-14-15-17-19-21-23(22(3)4)20-18-16-10-8-6-2/h19,21-23H,5-18,20H2,1-4H3. The number of allylic oxidation sites excluding steroid dienone is 2. The second-order valence-corrected chi connectivity index (χ2v) is 7.80. The summed E-state index contributed by atoms with van der Waals surface area (Å²) >= 11 is 0. The third-order valence-corrected chi connectivity index (χ3v) is 5.10. The molecule has 0 spiro atoms. The first-order valence-corrected chi connectivity index (χ1v) is 10.9. The van der Waals surface area contributed by atoms with Crippen LogP contribution in [0, 0.1) is 11.8 Å². The number of unbranched alkanes of at least 4 members (excludes halogenated alkanes) is 12. The Hall–Kier alpha value is -0.260. The molecule has 0 saturated carbocycles. The molecule has 0 N–H and O–H groups in total. The van der Waals surface area contributed by atoms with Gasteiger partial charge in [0.05, 0.1) is 0 Å². The molecule has 0 saturated heterocycles. The minimum absolute atomic E-state index is 0.802. The van der Waals surface area contributed by atoms with Gasteiger partial charge in [-0.2, -0.15) is 0 Å². The molecule has 23 heavy (non-hydrogen) atoms. The van der Waals surface area contributed by atoms with E-state index in [1.165, 1.54) is 96.3 Å². The van der Waals surface area contributed by atoms with E-state index in [2.05, 4.69) is 39.8 Å². The van der Waals surface area contributed by atoms with Gasteiger partial charge in [0, 0.05) is 0 Å². The van der Waals surface area contributed by atoms with Crippen LogP contribution in [-0.2, 0) is 0 Å².